The van der Waals surface area contributed by atoms with E-state index in [1.807, 2.05) is 29.9 Å². The second-order valence-corrected chi connectivity index (χ2v) is 12.6. The average molecular weight is 537 g/mol. The number of benzene rings is 1. The number of para-hydroxylation sites is 1. The van der Waals surface area contributed by atoms with Crippen LogP contribution in [0.1, 0.15) is 55.4 Å². The Balaban J connectivity index is 0.000000916. The van der Waals surface area contributed by atoms with Crippen molar-refractivity contribution >= 4 is 36.5 Å². The number of carbonyl (C=O) groups is 1. The number of aromatic nitrogens is 4. The van der Waals surface area contributed by atoms with Crippen LogP contribution in [0.3, 0.4) is 0 Å². The van der Waals surface area contributed by atoms with E-state index in [0.29, 0.717) is 11.4 Å². The highest BCUT2D eigenvalue weighted by Gasteiger charge is 2.43. The monoisotopic (exact) mass is 536 g/mol. The molecule has 0 unspecified atom stereocenters. The zero-order chi connectivity index (χ0) is 26.8. The maximum absolute atomic E-state index is 12.0. The quantitative estimate of drug-likeness (QED) is 0.220. The molecule has 0 saturated heterocycles. The number of nitroso groups, excluding NO2 is 1. The van der Waals surface area contributed by atoms with Crippen molar-refractivity contribution < 1.29 is 9.53 Å². The van der Waals surface area contributed by atoms with Crippen LogP contribution in [0.15, 0.2) is 35.6 Å². The summed E-state index contributed by atoms with van der Waals surface area (Å²) in [5, 5.41) is 19.6. The summed E-state index contributed by atoms with van der Waals surface area (Å²) in [5.41, 5.74) is 11.0. The summed E-state index contributed by atoms with van der Waals surface area (Å²) < 4.78 is 7.83. The van der Waals surface area contributed by atoms with Crippen LogP contribution in [0.5, 0.6) is 5.75 Å². The van der Waals surface area contributed by atoms with Crippen molar-refractivity contribution in [2.45, 2.75) is 56.3 Å². The Kier molecular flexibility index (Phi) is 7.56. The lowest BCUT2D eigenvalue weighted by atomic mass is 10.1. The number of ether oxygens (including phenoxy) is 1. The molecule has 38 heavy (non-hydrogen) atoms. The smallest absolute Gasteiger partial charge is 0.271 e. The second-order valence-electron chi connectivity index (χ2n) is 9.89. The van der Waals surface area contributed by atoms with E-state index >= 15 is 0 Å². The molecular formula is C26H33N8O3P. The molecule has 3 N–H and O–H groups in total. The molecule has 1 amide bonds. The number of nitrogens with two attached hydrogens (primary N) is 1. The number of amides is 1. The highest BCUT2D eigenvalue weighted by atomic mass is 31.1. The first-order valence-corrected chi connectivity index (χ1v) is 14.4. The minimum absolute atomic E-state index is 0.0693. The van der Waals surface area contributed by atoms with Gasteiger partial charge in [-0.15, -0.1) is 15.1 Å². The van der Waals surface area contributed by atoms with Crippen molar-refractivity contribution in [3.05, 3.63) is 40.9 Å². The largest absolute Gasteiger partial charge is 0.494 e. The molecule has 11 nitrogen and oxygen atoms in total. The first-order valence-electron chi connectivity index (χ1n) is 12.9. The van der Waals surface area contributed by atoms with E-state index in [1.165, 1.54) is 63.5 Å². The Morgan fingerprint density at radius 2 is 1.82 bits per heavy atom. The predicted octanol–water partition coefficient (Wildman–Crippen LogP) is 4.45. The molecule has 0 radical (unpaired) electrons. The number of rotatable bonds is 10. The topological polar surface area (TPSA) is 141 Å². The molecule has 2 aromatic heterocycles. The Morgan fingerprint density at radius 1 is 1.13 bits per heavy atom. The van der Waals surface area contributed by atoms with Crippen LogP contribution >= 0.6 is 7.92 Å². The van der Waals surface area contributed by atoms with E-state index in [-0.39, 0.29) is 25.1 Å². The number of nitrogens with zero attached hydrogens (tertiary/aromatic N) is 6. The van der Waals surface area contributed by atoms with Crippen LogP contribution in [-0.2, 0) is 7.05 Å². The predicted molar refractivity (Wildman–Crippen MR) is 150 cm³/mol. The van der Waals surface area contributed by atoms with Gasteiger partial charge in [0.15, 0.2) is 17.3 Å². The number of hydrogen-bond acceptors (Lipinski definition) is 8. The Labute approximate surface area is 222 Å². The SMILES string of the molecule is C1CC1.COc1c(Nc2cc(N(C)N=O)nnc2C(N)=O)cccc1-c1cc(P(C2CC2)C2CC2)n(C)n1. The van der Waals surface area contributed by atoms with Crippen molar-refractivity contribution in [3.8, 4) is 17.0 Å². The van der Waals surface area contributed by atoms with Gasteiger partial charge in [-0.25, -0.2) is 5.01 Å². The summed E-state index contributed by atoms with van der Waals surface area (Å²) in [5.74, 6) is -0.0354. The fourth-order valence-corrected chi connectivity index (χ4v) is 7.67. The first kappa shape index (κ1) is 26.0. The Hall–Kier alpha value is -3.59. The zero-order valence-electron chi connectivity index (χ0n) is 21.9. The second kappa shape index (κ2) is 11.0. The molecule has 0 spiro atoms. The fraction of sp³-hybridized carbons (Fsp3) is 0.462. The normalized spacial score (nSPS) is 15.9. The van der Waals surface area contributed by atoms with Crippen LogP contribution in [0, 0.1) is 4.91 Å². The number of hydrogen-bond donors (Lipinski definition) is 2. The van der Waals surface area contributed by atoms with Crippen molar-refractivity contribution in [3.63, 3.8) is 0 Å². The summed E-state index contributed by atoms with van der Waals surface area (Å²) in [6.45, 7) is 0. The molecule has 200 valence electrons. The third-order valence-electron chi connectivity index (χ3n) is 6.59. The molecule has 2 heterocycles. The Morgan fingerprint density at radius 3 is 2.37 bits per heavy atom. The van der Waals surface area contributed by atoms with Crippen molar-refractivity contribution in [1.82, 2.24) is 20.0 Å². The van der Waals surface area contributed by atoms with Crippen molar-refractivity contribution in [2.24, 2.45) is 18.1 Å². The number of carbonyl (C=O) groups excluding carboxylic acids is 1. The third kappa shape index (κ3) is 5.78. The van der Waals surface area contributed by atoms with E-state index < -0.39 is 5.91 Å². The molecule has 6 rings (SSSR count). The molecule has 0 bridgehead atoms. The van der Waals surface area contributed by atoms with E-state index in [1.54, 1.807) is 7.11 Å². The highest BCUT2D eigenvalue weighted by molar-refractivity contribution is 7.67. The van der Waals surface area contributed by atoms with Crippen molar-refractivity contribution in [1.29, 1.82) is 0 Å². The lowest BCUT2D eigenvalue weighted by molar-refractivity contribution is 0.0995. The van der Waals surface area contributed by atoms with Gasteiger partial charge in [0.05, 0.1) is 34.9 Å². The number of primary amides is 1. The van der Waals surface area contributed by atoms with Crippen LogP contribution < -0.4 is 26.2 Å². The molecule has 3 fully saturated rings. The van der Waals surface area contributed by atoms with Gasteiger partial charge in [-0.3, -0.25) is 9.48 Å². The molecule has 1 aromatic carbocycles. The van der Waals surface area contributed by atoms with Gasteiger partial charge in [-0.2, -0.15) is 5.10 Å². The lowest BCUT2D eigenvalue weighted by Crippen LogP contribution is -2.18. The van der Waals surface area contributed by atoms with Gasteiger partial charge in [0.25, 0.3) is 5.91 Å². The van der Waals surface area contributed by atoms with Crippen LogP contribution in [0.4, 0.5) is 17.2 Å². The maximum Gasteiger partial charge on any atom is 0.271 e. The van der Waals surface area contributed by atoms with E-state index in [0.717, 1.165) is 27.6 Å². The number of anilines is 3. The summed E-state index contributed by atoms with van der Waals surface area (Å²) >= 11 is 0. The van der Waals surface area contributed by atoms with E-state index in [2.05, 4.69) is 26.9 Å². The standard InChI is InChI=1S/C23H27N8O3P.C3H6/c1-30(29-33)19-11-18(21(23(24)32)27-26-19)25-16-6-4-5-15(22(16)34-3)17-12-20(31(2)28-17)35(13-7-8-13)14-9-10-14;1-2-3-1/h4-6,11-14H,7-10H2,1-3H3,(H2,24,32)(H,25,26);1-3H2. The molecule has 12 heteroatoms. The molecule has 0 atom stereocenters. The number of methoxy groups -OCH3 is 1. The van der Waals surface area contributed by atoms with Gasteiger partial charge >= 0.3 is 0 Å². The van der Waals surface area contributed by atoms with E-state index in [4.69, 9.17) is 15.6 Å². The van der Waals surface area contributed by atoms with Gasteiger partial charge in [-0.1, -0.05) is 25.3 Å². The molecule has 3 aliphatic rings. The first-order chi connectivity index (χ1) is 18.4. The molecule has 0 aliphatic heterocycles. The van der Waals surface area contributed by atoms with Gasteiger partial charge in [-0.05, 0) is 63.1 Å². The third-order valence-corrected chi connectivity index (χ3v) is 10.1. The van der Waals surface area contributed by atoms with Crippen molar-refractivity contribution in [2.75, 3.05) is 24.5 Å². The van der Waals surface area contributed by atoms with E-state index in [9.17, 15) is 9.70 Å². The van der Waals surface area contributed by atoms with Gasteiger partial charge in [0.2, 0.25) is 0 Å². The molecule has 3 aliphatic carbocycles. The number of aryl methyl sites for hydroxylation is 1. The van der Waals surface area contributed by atoms with Crippen LogP contribution in [0.2, 0.25) is 0 Å². The van der Waals surface area contributed by atoms with Crippen LogP contribution in [-0.4, -0.2) is 51.4 Å². The lowest BCUT2D eigenvalue weighted by Gasteiger charge is -2.16. The minimum Gasteiger partial charge on any atom is -0.494 e. The zero-order valence-corrected chi connectivity index (χ0v) is 22.8. The minimum atomic E-state index is -0.758. The summed E-state index contributed by atoms with van der Waals surface area (Å²) in [4.78, 5) is 22.9. The molecule has 3 saturated carbocycles. The van der Waals surface area contributed by atoms with Crippen LogP contribution in [0.25, 0.3) is 11.3 Å². The maximum atomic E-state index is 12.0. The highest BCUT2D eigenvalue weighted by Crippen LogP contribution is 2.63. The van der Waals surface area contributed by atoms with Gasteiger partial charge in [0, 0.05) is 25.7 Å². The molecule has 3 aromatic rings. The summed E-state index contributed by atoms with van der Waals surface area (Å²) in [6.07, 6.45) is 9.80. The average Bonchev–Trinajstić information content (AvgIpc) is 3.76. The summed E-state index contributed by atoms with van der Waals surface area (Å²) in [6, 6.07) is 9.35. The summed E-state index contributed by atoms with van der Waals surface area (Å²) in [7, 11) is 4.85. The van der Waals surface area contributed by atoms with Gasteiger partial charge in [0.1, 0.15) is 0 Å². The molecular weight excluding hydrogens is 503 g/mol. The van der Waals surface area contributed by atoms with Gasteiger partial charge < -0.3 is 15.8 Å². The number of nitrogens with one attached hydrogen (secondary N) is 1. The Bertz CT molecular complexity index is 1320. The fourth-order valence-electron chi connectivity index (χ4n) is 4.27.